The van der Waals surface area contributed by atoms with Crippen LogP contribution >= 0.6 is 11.6 Å². The summed E-state index contributed by atoms with van der Waals surface area (Å²) in [7, 11) is 0. The van der Waals surface area contributed by atoms with Gasteiger partial charge in [-0.1, -0.05) is 17.7 Å². The lowest BCUT2D eigenvalue weighted by molar-refractivity contribution is -0.117. The van der Waals surface area contributed by atoms with E-state index in [1.807, 2.05) is 51.1 Å². The third-order valence-corrected chi connectivity index (χ3v) is 5.03. The predicted octanol–water partition coefficient (Wildman–Crippen LogP) is 4.87. The van der Waals surface area contributed by atoms with Crippen molar-refractivity contribution in [2.24, 2.45) is 0 Å². The minimum atomic E-state index is -0.442. The second-order valence-electron chi connectivity index (χ2n) is 6.48. The van der Waals surface area contributed by atoms with Crippen LogP contribution in [0.3, 0.4) is 0 Å². The molecule has 28 heavy (non-hydrogen) atoms. The molecule has 0 radical (unpaired) electrons. The van der Waals surface area contributed by atoms with Crippen molar-refractivity contribution in [2.45, 2.75) is 27.3 Å². The van der Waals surface area contributed by atoms with Gasteiger partial charge >= 0.3 is 0 Å². The van der Waals surface area contributed by atoms with Gasteiger partial charge in [-0.25, -0.2) is 0 Å². The Labute approximate surface area is 168 Å². The molecule has 0 fully saturated rings. The van der Waals surface area contributed by atoms with E-state index < -0.39 is 5.91 Å². The maximum absolute atomic E-state index is 12.4. The molecule has 0 aliphatic carbocycles. The van der Waals surface area contributed by atoms with Crippen LogP contribution in [0.15, 0.2) is 52.7 Å². The van der Waals surface area contributed by atoms with Crippen LogP contribution in [0.4, 0.5) is 0 Å². The molecular weight excluding hydrogens is 374 g/mol. The number of nitrogens with zero attached hydrogens (tertiary/aromatic N) is 2. The standard InChI is InChI=1S/C22H20ClN3O2/c1-14-10-17(16(3)26(14)21-8-4-7-20(23)15(21)2)11-18(12-24)22(27)25-13-19-6-5-9-28-19/h4-11H,13H2,1-3H3,(H,25,27). The number of hydrogen-bond acceptors (Lipinski definition) is 3. The van der Waals surface area contributed by atoms with Gasteiger partial charge in [0.25, 0.3) is 5.91 Å². The highest BCUT2D eigenvalue weighted by Crippen LogP contribution is 2.28. The van der Waals surface area contributed by atoms with Crippen LogP contribution in [-0.4, -0.2) is 10.5 Å². The van der Waals surface area contributed by atoms with Gasteiger partial charge in [-0.15, -0.1) is 0 Å². The number of nitriles is 1. The van der Waals surface area contributed by atoms with Crippen molar-refractivity contribution in [2.75, 3.05) is 0 Å². The maximum Gasteiger partial charge on any atom is 0.262 e. The molecule has 0 bridgehead atoms. The van der Waals surface area contributed by atoms with Crippen molar-refractivity contribution < 1.29 is 9.21 Å². The molecule has 6 heteroatoms. The molecule has 0 saturated heterocycles. The molecule has 0 atom stereocenters. The van der Waals surface area contributed by atoms with E-state index in [-0.39, 0.29) is 12.1 Å². The minimum absolute atomic E-state index is 0.0367. The zero-order valence-corrected chi connectivity index (χ0v) is 16.7. The molecule has 142 valence electrons. The number of furan rings is 1. The maximum atomic E-state index is 12.4. The zero-order valence-electron chi connectivity index (χ0n) is 15.9. The highest BCUT2D eigenvalue weighted by molar-refractivity contribution is 6.31. The summed E-state index contributed by atoms with van der Waals surface area (Å²) >= 11 is 6.27. The average Bonchev–Trinajstić information content (AvgIpc) is 3.28. The quantitative estimate of drug-likeness (QED) is 0.496. The van der Waals surface area contributed by atoms with Crippen LogP contribution in [0.1, 0.15) is 28.3 Å². The molecule has 3 aromatic rings. The van der Waals surface area contributed by atoms with E-state index in [1.54, 1.807) is 18.2 Å². The van der Waals surface area contributed by atoms with E-state index in [0.717, 1.165) is 28.2 Å². The molecule has 0 unspecified atom stereocenters. The Morgan fingerprint density at radius 1 is 1.29 bits per heavy atom. The number of rotatable bonds is 5. The number of aryl methyl sites for hydroxylation is 1. The lowest BCUT2D eigenvalue weighted by Gasteiger charge is -2.13. The fourth-order valence-electron chi connectivity index (χ4n) is 3.12. The van der Waals surface area contributed by atoms with E-state index in [1.165, 1.54) is 6.26 Å². The smallest absolute Gasteiger partial charge is 0.262 e. The van der Waals surface area contributed by atoms with Gasteiger partial charge in [0.2, 0.25) is 0 Å². The number of aromatic nitrogens is 1. The lowest BCUT2D eigenvalue weighted by Crippen LogP contribution is -2.23. The third kappa shape index (κ3) is 3.88. The molecular formula is C22H20ClN3O2. The number of carbonyl (C=O) groups is 1. The van der Waals surface area contributed by atoms with Crippen molar-refractivity contribution in [1.82, 2.24) is 9.88 Å². The zero-order chi connectivity index (χ0) is 20.3. The Balaban J connectivity index is 1.91. The van der Waals surface area contributed by atoms with Crippen molar-refractivity contribution in [3.63, 3.8) is 0 Å². The Morgan fingerprint density at radius 2 is 2.07 bits per heavy atom. The number of amides is 1. The number of hydrogen-bond donors (Lipinski definition) is 1. The SMILES string of the molecule is Cc1c(Cl)cccc1-n1c(C)cc(C=C(C#N)C(=O)NCc2ccco2)c1C. The Hall–Kier alpha value is -3.23. The first-order chi connectivity index (χ1) is 13.4. The molecule has 1 aromatic carbocycles. The van der Waals surface area contributed by atoms with Crippen LogP contribution in [0.25, 0.3) is 11.8 Å². The van der Waals surface area contributed by atoms with Gasteiger partial charge in [-0.2, -0.15) is 5.26 Å². The predicted molar refractivity (Wildman–Crippen MR) is 109 cm³/mol. The minimum Gasteiger partial charge on any atom is -0.467 e. The van der Waals surface area contributed by atoms with E-state index in [2.05, 4.69) is 9.88 Å². The topological polar surface area (TPSA) is 71.0 Å². The second kappa shape index (κ2) is 8.20. The first-order valence-corrected chi connectivity index (χ1v) is 9.17. The monoisotopic (exact) mass is 393 g/mol. The van der Waals surface area contributed by atoms with Crippen LogP contribution in [-0.2, 0) is 11.3 Å². The number of benzene rings is 1. The normalized spacial score (nSPS) is 11.3. The molecule has 2 aromatic heterocycles. The van der Waals surface area contributed by atoms with E-state index in [0.29, 0.717) is 10.8 Å². The molecule has 0 aliphatic rings. The van der Waals surface area contributed by atoms with Crippen LogP contribution in [0, 0.1) is 32.1 Å². The summed E-state index contributed by atoms with van der Waals surface area (Å²) in [6.45, 7) is 6.13. The van der Waals surface area contributed by atoms with Crippen molar-refractivity contribution in [3.8, 4) is 11.8 Å². The van der Waals surface area contributed by atoms with Gasteiger partial charge in [0.1, 0.15) is 17.4 Å². The summed E-state index contributed by atoms with van der Waals surface area (Å²) in [6.07, 6.45) is 3.14. The molecule has 0 aliphatic heterocycles. The van der Waals surface area contributed by atoms with Gasteiger partial charge in [-0.3, -0.25) is 4.79 Å². The first kappa shape index (κ1) is 19.5. The van der Waals surface area contributed by atoms with E-state index in [4.69, 9.17) is 16.0 Å². The summed E-state index contributed by atoms with van der Waals surface area (Å²) in [4.78, 5) is 12.4. The largest absolute Gasteiger partial charge is 0.467 e. The fraction of sp³-hybridized carbons (Fsp3) is 0.182. The van der Waals surface area contributed by atoms with Crippen LogP contribution in [0.2, 0.25) is 5.02 Å². The van der Waals surface area contributed by atoms with Gasteiger partial charge < -0.3 is 14.3 Å². The summed E-state index contributed by atoms with van der Waals surface area (Å²) in [6, 6.07) is 13.2. The molecule has 5 nitrogen and oxygen atoms in total. The second-order valence-corrected chi connectivity index (χ2v) is 6.88. The summed E-state index contributed by atoms with van der Waals surface area (Å²) < 4.78 is 7.26. The highest BCUT2D eigenvalue weighted by Gasteiger charge is 2.15. The number of halogens is 1. The van der Waals surface area contributed by atoms with Gasteiger partial charge in [0.15, 0.2) is 0 Å². The molecule has 1 amide bonds. The lowest BCUT2D eigenvalue weighted by atomic mass is 10.1. The van der Waals surface area contributed by atoms with Gasteiger partial charge in [-0.05, 0) is 68.3 Å². The Bertz CT molecular complexity index is 1090. The molecule has 0 saturated carbocycles. The van der Waals surface area contributed by atoms with E-state index >= 15 is 0 Å². The third-order valence-electron chi connectivity index (χ3n) is 4.62. The highest BCUT2D eigenvalue weighted by atomic mass is 35.5. The fourth-order valence-corrected chi connectivity index (χ4v) is 3.29. The Kier molecular flexibility index (Phi) is 5.72. The number of carbonyl (C=O) groups excluding carboxylic acids is 1. The average molecular weight is 394 g/mol. The van der Waals surface area contributed by atoms with Crippen molar-refractivity contribution in [1.29, 1.82) is 5.26 Å². The number of nitrogens with one attached hydrogen (secondary N) is 1. The van der Waals surface area contributed by atoms with Crippen molar-refractivity contribution in [3.05, 3.63) is 81.5 Å². The molecule has 3 rings (SSSR count). The molecule has 2 heterocycles. The summed E-state index contributed by atoms with van der Waals surface area (Å²) in [5.41, 5.74) is 4.70. The van der Waals surface area contributed by atoms with Crippen LogP contribution < -0.4 is 5.32 Å². The van der Waals surface area contributed by atoms with E-state index in [9.17, 15) is 10.1 Å². The first-order valence-electron chi connectivity index (χ1n) is 8.79. The molecule has 0 spiro atoms. The van der Waals surface area contributed by atoms with Gasteiger partial charge in [0, 0.05) is 22.1 Å². The summed E-state index contributed by atoms with van der Waals surface area (Å²) in [5, 5.41) is 12.8. The summed E-state index contributed by atoms with van der Waals surface area (Å²) in [5.74, 6) is 0.183. The molecule has 1 N–H and O–H groups in total. The van der Waals surface area contributed by atoms with Gasteiger partial charge in [0.05, 0.1) is 12.8 Å². The Morgan fingerprint density at radius 3 is 2.75 bits per heavy atom. The van der Waals surface area contributed by atoms with Crippen LogP contribution in [0.5, 0.6) is 0 Å². The van der Waals surface area contributed by atoms with Crippen molar-refractivity contribution >= 4 is 23.6 Å².